The fourth-order valence-electron chi connectivity index (χ4n) is 5.27. The van der Waals surface area contributed by atoms with E-state index >= 15 is 4.39 Å². The quantitative estimate of drug-likeness (QED) is 0.206. The molecule has 0 bridgehead atoms. The lowest BCUT2D eigenvalue weighted by molar-refractivity contribution is -0.137. The Morgan fingerprint density at radius 1 is 1.07 bits per heavy atom. The Morgan fingerprint density at radius 3 is 2.50 bits per heavy atom. The van der Waals surface area contributed by atoms with Gasteiger partial charge in [0.1, 0.15) is 23.9 Å². The van der Waals surface area contributed by atoms with Crippen LogP contribution in [0.2, 0.25) is 0 Å². The van der Waals surface area contributed by atoms with Crippen LogP contribution in [0.4, 0.5) is 4.39 Å². The molecule has 6 heteroatoms. The van der Waals surface area contributed by atoms with Gasteiger partial charge in [0.2, 0.25) is 0 Å². The molecule has 1 saturated carbocycles. The predicted octanol–water partition coefficient (Wildman–Crippen LogP) is 8.34. The average molecular weight is 547 g/mol. The van der Waals surface area contributed by atoms with Crippen molar-refractivity contribution in [3.8, 4) is 22.6 Å². The summed E-state index contributed by atoms with van der Waals surface area (Å²) in [6.07, 6.45) is 4.80. The average Bonchev–Trinajstić information content (AvgIpc) is 3.76. The van der Waals surface area contributed by atoms with Crippen LogP contribution in [0.1, 0.15) is 68.2 Å². The van der Waals surface area contributed by atoms with E-state index in [0.29, 0.717) is 28.5 Å². The van der Waals surface area contributed by atoms with Gasteiger partial charge in [-0.2, -0.15) is 0 Å². The van der Waals surface area contributed by atoms with E-state index in [2.05, 4.69) is 6.58 Å². The number of benzene rings is 3. The number of carboxylic acid groups (broad SMARTS) is 1. The molecule has 0 saturated heterocycles. The third kappa shape index (κ3) is 7.11. The summed E-state index contributed by atoms with van der Waals surface area (Å²) in [7, 11) is 3.20. The summed E-state index contributed by atoms with van der Waals surface area (Å²) < 4.78 is 32.6. The molecule has 0 spiro atoms. The highest BCUT2D eigenvalue weighted by Gasteiger charge is 2.31. The molecule has 0 amide bonds. The van der Waals surface area contributed by atoms with Crippen molar-refractivity contribution < 1.29 is 28.5 Å². The smallest absolute Gasteiger partial charge is 0.303 e. The van der Waals surface area contributed by atoms with Crippen LogP contribution in [-0.4, -0.2) is 25.3 Å². The molecule has 1 aliphatic carbocycles. The van der Waals surface area contributed by atoms with E-state index < -0.39 is 17.5 Å². The van der Waals surface area contributed by atoms with Crippen LogP contribution < -0.4 is 9.47 Å². The van der Waals surface area contributed by atoms with Crippen molar-refractivity contribution in [2.75, 3.05) is 14.2 Å². The van der Waals surface area contributed by atoms with Gasteiger partial charge in [-0.3, -0.25) is 4.79 Å². The van der Waals surface area contributed by atoms with Crippen molar-refractivity contribution in [1.82, 2.24) is 0 Å². The van der Waals surface area contributed by atoms with Gasteiger partial charge in [-0.15, -0.1) is 6.58 Å². The maximum Gasteiger partial charge on any atom is 0.303 e. The Labute approximate surface area is 236 Å². The van der Waals surface area contributed by atoms with Crippen molar-refractivity contribution in [3.05, 3.63) is 95.8 Å². The number of aliphatic carboxylic acids is 1. The maximum atomic E-state index is 15.1. The van der Waals surface area contributed by atoms with Gasteiger partial charge in [0.15, 0.2) is 0 Å². The van der Waals surface area contributed by atoms with Gasteiger partial charge in [0, 0.05) is 18.1 Å². The summed E-state index contributed by atoms with van der Waals surface area (Å²) in [6, 6.07) is 18.3. The van der Waals surface area contributed by atoms with Crippen molar-refractivity contribution in [3.63, 3.8) is 0 Å². The van der Waals surface area contributed by atoms with Crippen LogP contribution in [-0.2, 0) is 16.1 Å². The third-order valence-corrected chi connectivity index (χ3v) is 7.77. The minimum atomic E-state index is -0.785. The van der Waals surface area contributed by atoms with Crippen molar-refractivity contribution in [1.29, 1.82) is 0 Å². The number of hydrogen-bond donors (Lipinski definition) is 1. The molecule has 3 aromatic rings. The number of hydrogen-bond acceptors (Lipinski definition) is 4. The second kappa shape index (κ2) is 12.7. The molecule has 212 valence electrons. The normalized spacial score (nSPS) is 14.8. The standard InChI is InChI=1S/C34H39FO5/c1-6-34(2,3)33(39-5)30-17-23(12-14-28(30)29-20-26(38-4)13-15-31(29)35)21-40-27-9-7-8-24(18-27)25(19-32(36)37)16-22-10-11-22/h6-9,12-15,17-18,20,22,25,33H,1,10-11,16,19,21H2,2-5H3,(H,36,37)/t25-,33+/m1/s1. The first kappa shape index (κ1) is 29.3. The van der Waals surface area contributed by atoms with Crippen molar-refractivity contribution in [2.24, 2.45) is 11.3 Å². The van der Waals surface area contributed by atoms with Crippen LogP contribution >= 0.6 is 0 Å². The highest BCUT2D eigenvalue weighted by molar-refractivity contribution is 5.71. The molecule has 0 aliphatic heterocycles. The lowest BCUT2D eigenvalue weighted by Crippen LogP contribution is -2.22. The summed E-state index contributed by atoms with van der Waals surface area (Å²) in [4.78, 5) is 11.5. The predicted molar refractivity (Wildman–Crippen MR) is 155 cm³/mol. The van der Waals surface area contributed by atoms with E-state index in [1.54, 1.807) is 26.4 Å². The number of methoxy groups -OCH3 is 2. The number of carbonyl (C=O) groups is 1. The van der Waals surface area contributed by atoms with E-state index in [0.717, 1.165) is 23.1 Å². The Hall–Kier alpha value is -3.64. The summed E-state index contributed by atoms with van der Waals surface area (Å²) in [6.45, 7) is 8.35. The first-order valence-corrected chi connectivity index (χ1v) is 13.7. The summed E-state index contributed by atoms with van der Waals surface area (Å²) in [5.74, 6) is 0.704. The minimum Gasteiger partial charge on any atom is -0.497 e. The number of carboxylic acids is 1. The van der Waals surface area contributed by atoms with Gasteiger partial charge in [-0.1, -0.05) is 57.0 Å². The van der Waals surface area contributed by atoms with Gasteiger partial charge in [-0.25, -0.2) is 4.39 Å². The summed E-state index contributed by atoms with van der Waals surface area (Å²) >= 11 is 0. The highest BCUT2D eigenvalue weighted by atomic mass is 19.1. The molecule has 0 aromatic heterocycles. The molecule has 5 nitrogen and oxygen atoms in total. The lowest BCUT2D eigenvalue weighted by Gasteiger charge is -2.32. The van der Waals surface area contributed by atoms with Crippen LogP contribution in [0, 0.1) is 17.2 Å². The first-order valence-electron chi connectivity index (χ1n) is 13.7. The Kier molecular flexibility index (Phi) is 9.31. The topological polar surface area (TPSA) is 65.0 Å². The fraction of sp³-hybridized carbons (Fsp3) is 0.382. The minimum absolute atomic E-state index is 0.0270. The summed E-state index contributed by atoms with van der Waals surface area (Å²) in [5, 5.41) is 9.44. The molecular formula is C34H39FO5. The molecule has 40 heavy (non-hydrogen) atoms. The lowest BCUT2D eigenvalue weighted by atomic mass is 9.79. The largest absolute Gasteiger partial charge is 0.497 e. The van der Waals surface area contributed by atoms with E-state index in [1.807, 2.05) is 62.4 Å². The number of halogens is 1. The Balaban J connectivity index is 1.64. The SMILES string of the molecule is C=CC(C)(C)[C@@H](OC)c1cc(COc2cccc([C@@H](CC(=O)O)CC3CC3)c2)ccc1-c1cc(OC)ccc1F. The molecule has 0 radical (unpaired) electrons. The molecule has 4 rings (SSSR count). The molecule has 1 N–H and O–H groups in total. The van der Waals surface area contributed by atoms with Gasteiger partial charge in [0.25, 0.3) is 0 Å². The second-order valence-electron chi connectivity index (χ2n) is 11.2. The first-order chi connectivity index (χ1) is 19.1. The Bertz CT molecular complexity index is 1340. The monoisotopic (exact) mass is 546 g/mol. The zero-order valence-corrected chi connectivity index (χ0v) is 23.8. The van der Waals surface area contributed by atoms with Gasteiger partial charge in [-0.05, 0) is 76.9 Å². The van der Waals surface area contributed by atoms with Gasteiger partial charge in [0.05, 0.1) is 19.6 Å². The van der Waals surface area contributed by atoms with E-state index in [4.69, 9.17) is 14.2 Å². The van der Waals surface area contributed by atoms with E-state index in [1.165, 1.54) is 18.9 Å². The maximum absolute atomic E-state index is 15.1. The molecule has 0 heterocycles. The van der Waals surface area contributed by atoms with E-state index in [9.17, 15) is 9.90 Å². The summed E-state index contributed by atoms with van der Waals surface area (Å²) in [5.41, 5.74) is 3.41. The molecule has 0 unspecified atom stereocenters. The van der Waals surface area contributed by atoms with Gasteiger partial charge < -0.3 is 19.3 Å². The number of rotatable bonds is 14. The van der Waals surface area contributed by atoms with Crippen molar-refractivity contribution in [2.45, 2.75) is 58.2 Å². The van der Waals surface area contributed by atoms with Crippen molar-refractivity contribution >= 4 is 5.97 Å². The molecular weight excluding hydrogens is 507 g/mol. The van der Waals surface area contributed by atoms with Crippen LogP contribution in [0.25, 0.3) is 11.1 Å². The highest BCUT2D eigenvalue weighted by Crippen LogP contribution is 2.43. The van der Waals surface area contributed by atoms with Crippen LogP contribution in [0.3, 0.4) is 0 Å². The Morgan fingerprint density at radius 2 is 1.85 bits per heavy atom. The molecule has 1 aliphatic rings. The fourth-order valence-corrected chi connectivity index (χ4v) is 5.27. The molecule has 3 aromatic carbocycles. The second-order valence-corrected chi connectivity index (χ2v) is 11.2. The zero-order valence-electron chi connectivity index (χ0n) is 23.8. The van der Waals surface area contributed by atoms with Gasteiger partial charge >= 0.3 is 5.97 Å². The zero-order chi connectivity index (χ0) is 28.9. The van der Waals surface area contributed by atoms with E-state index in [-0.39, 0.29) is 24.8 Å². The number of ether oxygens (including phenoxy) is 3. The van der Waals surface area contributed by atoms with Crippen LogP contribution in [0.15, 0.2) is 73.3 Å². The molecule has 2 atom stereocenters. The third-order valence-electron chi connectivity index (χ3n) is 7.77. The van der Waals surface area contributed by atoms with Crippen LogP contribution in [0.5, 0.6) is 11.5 Å². The molecule has 1 fully saturated rings.